The van der Waals surface area contributed by atoms with Crippen LogP contribution in [0.25, 0.3) is 0 Å². The predicted octanol–water partition coefficient (Wildman–Crippen LogP) is 4.04. The number of hydrogen-bond acceptors (Lipinski definition) is 3. The zero-order valence-corrected chi connectivity index (χ0v) is 15.1. The van der Waals surface area contributed by atoms with Gasteiger partial charge in [0.1, 0.15) is 5.82 Å². The van der Waals surface area contributed by atoms with Gasteiger partial charge in [0.05, 0.1) is 6.04 Å². The summed E-state index contributed by atoms with van der Waals surface area (Å²) in [6, 6.07) is 12.9. The Labute approximate surface area is 149 Å². The van der Waals surface area contributed by atoms with Crippen LogP contribution in [0, 0.1) is 6.92 Å². The van der Waals surface area contributed by atoms with Crippen molar-refractivity contribution in [3.8, 4) is 0 Å². The van der Waals surface area contributed by atoms with Crippen LogP contribution in [0.2, 0.25) is 0 Å². The summed E-state index contributed by atoms with van der Waals surface area (Å²) in [5.41, 5.74) is 3.69. The molecule has 1 saturated heterocycles. The van der Waals surface area contributed by atoms with Crippen LogP contribution in [0.3, 0.4) is 0 Å². The highest BCUT2D eigenvalue weighted by Crippen LogP contribution is 2.22. The highest BCUT2D eigenvalue weighted by atomic mass is 32.1. The second-order valence-corrected chi connectivity index (χ2v) is 6.73. The van der Waals surface area contributed by atoms with E-state index in [1.165, 1.54) is 37.2 Å². The average molecular weight is 340 g/mol. The molecule has 1 aliphatic heterocycles. The first-order chi connectivity index (χ1) is 11.6. The van der Waals surface area contributed by atoms with Crippen LogP contribution >= 0.6 is 12.2 Å². The molecule has 4 nitrogen and oxygen atoms in total. The molecule has 1 unspecified atom stereocenters. The fourth-order valence-electron chi connectivity index (χ4n) is 2.99. The SMILES string of the molecule is Cc1ccnc(NC(=S)NC(C)c2ccc(N3CCCC3)cc2)c1. The largest absolute Gasteiger partial charge is 0.372 e. The molecule has 3 rings (SSSR count). The van der Waals surface area contributed by atoms with Crippen molar-refractivity contribution < 1.29 is 0 Å². The number of nitrogens with one attached hydrogen (secondary N) is 2. The number of thiocarbonyl (C=S) groups is 1. The first kappa shape index (κ1) is 16.7. The van der Waals surface area contributed by atoms with Crippen LogP contribution in [-0.4, -0.2) is 23.2 Å². The van der Waals surface area contributed by atoms with E-state index in [-0.39, 0.29) is 6.04 Å². The minimum Gasteiger partial charge on any atom is -0.372 e. The predicted molar refractivity (Wildman–Crippen MR) is 105 cm³/mol. The van der Waals surface area contributed by atoms with Crippen molar-refractivity contribution in [3.05, 3.63) is 53.7 Å². The Morgan fingerprint density at radius 3 is 2.54 bits per heavy atom. The molecule has 0 amide bonds. The lowest BCUT2D eigenvalue weighted by Crippen LogP contribution is -2.31. The molecule has 1 aromatic heterocycles. The molecule has 2 aromatic rings. The van der Waals surface area contributed by atoms with Gasteiger partial charge in [0.15, 0.2) is 5.11 Å². The lowest BCUT2D eigenvalue weighted by atomic mass is 10.1. The molecule has 5 heteroatoms. The lowest BCUT2D eigenvalue weighted by Gasteiger charge is -2.20. The van der Waals surface area contributed by atoms with E-state index < -0.39 is 0 Å². The van der Waals surface area contributed by atoms with Crippen molar-refractivity contribution in [1.29, 1.82) is 0 Å². The van der Waals surface area contributed by atoms with Gasteiger partial charge in [-0.15, -0.1) is 0 Å². The number of pyridine rings is 1. The molecule has 0 bridgehead atoms. The van der Waals surface area contributed by atoms with Crippen LogP contribution in [0.5, 0.6) is 0 Å². The van der Waals surface area contributed by atoms with E-state index in [0.29, 0.717) is 5.11 Å². The monoisotopic (exact) mass is 340 g/mol. The van der Waals surface area contributed by atoms with Crippen LogP contribution in [0.15, 0.2) is 42.6 Å². The van der Waals surface area contributed by atoms with Crippen molar-refractivity contribution in [2.24, 2.45) is 0 Å². The first-order valence-electron chi connectivity index (χ1n) is 8.47. The molecular formula is C19H24N4S. The molecule has 1 fully saturated rings. The number of anilines is 2. The quantitative estimate of drug-likeness (QED) is 0.822. The van der Waals surface area contributed by atoms with Crippen molar-refractivity contribution >= 4 is 28.8 Å². The zero-order valence-electron chi connectivity index (χ0n) is 14.2. The third kappa shape index (κ3) is 4.23. The summed E-state index contributed by atoms with van der Waals surface area (Å²) in [6.07, 6.45) is 4.38. The molecule has 126 valence electrons. The molecule has 1 aliphatic rings. The smallest absolute Gasteiger partial charge is 0.172 e. The maximum Gasteiger partial charge on any atom is 0.172 e. The van der Waals surface area contributed by atoms with E-state index in [1.54, 1.807) is 6.20 Å². The van der Waals surface area contributed by atoms with E-state index in [0.717, 1.165) is 11.4 Å². The summed E-state index contributed by atoms with van der Waals surface area (Å²) in [5, 5.41) is 7.05. The Morgan fingerprint density at radius 2 is 1.88 bits per heavy atom. The highest BCUT2D eigenvalue weighted by Gasteiger charge is 2.13. The molecule has 2 N–H and O–H groups in total. The Bertz CT molecular complexity index is 693. The number of aromatic nitrogens is 1. The molecule has 1 aromatic carbocycles. The van der Waals surface area contributed by atoms with Gasteiger partial charge in [-0.1, -0.05) is 12.1 Å². The molecule has 0 radical (unpaired) electrons. The number of rotatable bonds is 4. The Morgan fingerprint density at radius 1 is 1.17 bits per heavy atom. The summed E-state index contributed by atoms with van der Waals surface area (Å²) in [6.45, 7) is 6.49. The molecule has 0 aliphatic carbocycles. The third-order valence-electron chi connectivity index (χ3n) is 4.37. The standard InChI is InChI=1S/C19H24N4S/c1-14-9-10-20-18(13-14)22-19(24)21-15(2)16-5-7-17(8-6-16)23-11-3-4-12-23/h5-10,13,15H,3-4,11-12H2,1-2H3,(H2,20,21,22,24). The van der Waals surface area contributed by atoms with E-state index in [1.807, 2.05) is 19.1 Å². The topological polar surface area (TPSA) is 40.2 Å². The minimum atomic E-state index is 0.141. The van der Waals surface area contributed by atoms with Gasteiger partial charge >= 0.3 is 0 Å². The van der Waals surface area contributed by atoms with Crippen LogP contribution < -0.4 is 15.5 Å². The van der Waals surface area contributed by atoms with Gasteiger partial charge in [0.25, 0.3) is 0 Å². The summed E-state index contributed by atoms with van der Waals surface area (Å²) in [7, 11) is 0. The summed E-state index contributed by atoms with van der Waals surface area (Å²) in [4.78, 5) is 6.71. The van der Waals surface area contributed by atoms with Crippen molar-refractivity contribution in [2.75, 3.05) is 23.3 Å². The first-order valence-corrected chi connectivity index (χ1v) is 8.88. The van der Waals surface area contributed by atoms with Gasteiger partial charge < -0.3 is 15.5 Å². The van der Waals surface area contributed by atoms with Gasteiger partial charge in [0.2, 0.25) is 0 Å². The fourth-order valence-corrected chi connectivity index (χ4v) is 3.27. The van der Waals surface area contributed by atoms with Crippen LogP contribution in [0.4, 0.5) is 11.5 Å². The zero-order chi connectivity index (χ0) is 16.9. The number of nitrogens with zero attached hydrogens (tertiary/aromatic N) is 2. The number of hydrogen-bond donors (Lipinski definition) is 2. The molecule has 24 heavy (non-hydrogen) atoms. The van der Waals surface area contributed by atoms with Crippen LogP contribution in [-0.2, 0) is 0 Å². The number of benzene rings is 1. The number of aryl methyl sites for hydroxylation is 1. The summed E-state index contributed by atoms with van der Waals surface area (Å²) >= 11 is 5.40. The van der Waals surface area contributed by atoms with Gasteiger partial charge in [-0.05, 0) is 74.3 Å². The van der Waals surface area contributed by atoms with E-state index in [2.05, 4.69) is 51.7 Å². The second kappa shape index (κ2) is 7.62. The van der Waals surface area contributed by atoms with E-state index in [4.69, 9.17) is 12.2 Å². The Kier molecular flexibility index (Phi) is 5.30. The second-order valence-electron chi connectivity index (χ2n) is 6.32. The van der Waals surface area contributed by atoms with E-state index >= 15 is 0 Å². The van der Waals surface area contributed by atoms with Gasteiger partial charge in [-0.2, -0.15) is 0 Å². The molecule has 2 heterocycles. The summed E-state index contributed by atoms with van der Waals surface area (Å²) < 4.78 is 0. The lowest BCUT2D eigenvalue weighted by molar-refractivity contribution is 0.722. The molecule has 1 atom stereocenters. The highest BCUT2D eigenvalue weighted by molar-refractivity contribution is 7.80. The van der Waals surface area contributed by atoms with Gasteiger partial charge in [-0.25, -0.2) is 4.98 Å². The maximum atomic E-state index is 5.40. The van der Waals surface area contributed by atoms with Gasteiger partial charge in [0, 0.05) is 25.0 Å². The van der Waals surface area contributed by atoms with Crippen molar-refractivity contribution in [2.45, 2.75) is 32.7 Å². The maximum absolute atomic E-state index is 5.40. The van der Waals surface area contributed by atoms with E-state index in [9.17, 15) is 0 Å². The molecule has 0 saturated carbocycles. The normalized spacial score (nSPS) is 15.2. The molecular weight excluding hydrogens is 316 g/mol. The molecule has 0 spiro atoms. The average Bonchev–Trinajstić information content (AvgIpc) is 3.09. The minimum absolute atomic E-state index is 0.141. The van der Waals surface area contributed by atoms with Gasteiger partial charge in [-0.3, -0.25) is 0 Å². The van der Waals surface area contributed by atoms with Crippen molar-refractivity contribution in [3.63, 3.8) is 0 Å². The van der Waals surface area contributed by atoms with Crippen LogP contribution in [0.1, 0.15) is 36.9 Å². The fraction of sp³-hybridized carbons (Fsp3) is 0.368. The van der Waals surface area contributed by atoms with Crippen molar-refractivity contribution in [1.82, 2.24) is 10.3 Å². The third-order valence-corrected chi connectivity index (χ3v) is 4.59. The Hall–Kier alpha value is -2.14. The summed E-state index contributed by atoms with van der Waals surface area (Å²) in [5.74, 6) is 0.768. The Balaban J connectivity index is 1.57.